The van der Waals surface area contributed by atoms with E-state index in [1.165, 1.54) is 50.5 Å². The maximum atomic E-state index is 12.1. The SMILES string of the molecule is CN1C(=O)C(N=Nc2ccc(N=Nc3ccc(S(=O)(=O)O)cc3)cc2)C(=O)N(C)C1=O. The molecule has 12 nitrogen and oxygen atoms in total. The van der Waals surface area contributed by atoms with Gasteiger partial charge in [-0.2, -0.15) is 28.9 Å². The fourth-order valence-electron chi connectivity index (χ4n) is 2.50. The van der Waals surface area contributed by atoms with Crippen molar-refractivity contribution >= 4 is 45.0 Å². The van der Waals surface area contributed by atoms with E-state index in [0.29, 0.717) is 17.1 Å². The molecule has 4 amide bonds. The van der Waals surface area contributed by atoms with E-state index >= 15 is 0 Å². The Labute approximate surface area is 176 Å². The van der Waals surface area contributed by atoms with Gasteiger partial charge in [0.2, 0.25) is 6.04 Å². The molecule has 2 aromatic carbocycles. The van der Waals surface area contributed by atoms with Crippen LogP contribution in [-0.2, 0) is 19.7 Å². The van der Waals surface area contributed by atoms with Gasteiger partial charge < -0.3 is 0 Å². The molecule has 1 aliphatic heterocycles. The van der Waals surface area contributed by atoms with Gasteiger partial charge in [-0.25, -0.2) is 4.79 Å². The summed E-state index contributed by atoms with van der Waals surface area (Å²) in [6.07, 6.45) is 0. The van der Waals surface area contributed by atoms with E-state index in [9.17, 15) is 22.8 Å². The minimum atomic E-state index is -4.28. The molecule has 1 aliphatic rings. The predicted molar refractivity (Wildman–Crippen MR) is 106 cm³/mol. The molecule has 0 radical (unpaired) electrons. The number of imide groups is 2. The van der Waals surface area contributed by atoms with Crippen LogP contribution in [0.4, 0.5) is 21.9 Å². The molecule has 31 heavy (non-hydrogen) atoms. The van der Waals surface area contributed by atoms with Crippen molar-refractivity contribution < 1.29 is 27.4 Å². The number of carbonyl (C=O) groups excluding carboxylic acids is 3. The van der Waals surface area contributed by atoms with Gasteiger partial charge in [0.05, 0.1) is 22.0 Å². The normalized spacial score (nSPS) is 16.2. The van der Waals surface area contributed by atoms with Gasteiger partial charge in [0, 0.05) is 14.1 Å². The molecule has 0 atom stereocenters. The van der Waals surface area contributed by atoms with Crippen LogP contribution in [0.1, 0.15) is 0 Å². The summed E-state index contributed by atoms with van der Waals surface area (Å²) in [7, 11) is -1.76. The summed E-state index contributed by atoms with van der Waals surface area (Å²) in [4.78, 5) is 37.2. The van der Waals surface area contributed by atoms with Gasteiger partial charge in [0.1, 0.15) is 0 Å². The summed E-state index contributed by atoms with van der Waals surface area (Å²) >= 11 is 0. The lowest BCUT2D eigenvalue weighted by atomic mass is 10.2. The predicted octanol–water partition coefficient (Wildman–Crippen LogP) is 2.85. The zero-order valence-electron chi connectivity index (χ0n) is 16.3. The molecule has 0 aliphatic carbocycles. The molecule has 0 saturated carbocycles. The number of carbonyl (C=O) groups is 3. The molecular weight excluding hydrogens is 428 g/mol. The van der Waals surface area contributed by atoms with Gasteiger partial charge in [-0.05, 0) is 48.5 Å². The van der Waals surface area contributed by atoms with Crippen molar-refractivity contribution in [2.45, 2.75) is 10.9 Å². The first kappa shape index (κ1) is 21.9. The Balaban J connectivity index is 1.69. The number of urea groups is 1. The largest absolute Gasteiger partial charge is 0.333 e. The Morgan fingerprint density at radius 1 is 0.742 bits per heavy atom. The first-order valence-corrected chi connectivity index (χ1v) is 10.1. The molecule has 0 unspecified atom stereocenters. The van der Waals surface area contributed by atoms with Crippen LogP contribution >= 0.6 is 0 Å². The summed E-state index contributed by atoms with van der Waals surface area (Å²) in [6.45, 7) is 0. The van der Waals surface area contributed by atoms with E-state index in [1.54, 1.807) is 12.1 Å². The molecule has 0 bridgehead atoms. The van der Waals surface area contributed by atoms with Crippen LogP contribution in [0.3, 0.4) is 0 Å². The van der Waals surface area contributed by atoms with Crippen LogP contribution in [0.2, 0.25) is 0 Å². The molecule has 2 aromatic rings. The zero-order valence-corrected chi connectivity index (χ0v) is 17.1. The van der Waals surface area contributed by atoms with Crippen LogP contribution in [0.5, 0.6) is 0 Å². The summed E-state index contributed by atoms with van der Waals surface area (Å²) in [5, 5.41) is 15.6. The molecule has 1 N–H and O–H groups in total. The second-order valence-corrected chi connectivity index (χ2v) is 7.80. The maximum absolute atomic E-state index is 12.1. The third kappa shape index (κ3) is 4.84. The van der Waals surface area contributed by atoms with E-state index in [0.717, 1.165) is 9.80 Å². The highest BCUT2D eigenvalue weighted by molar-refractivity contribution is 7.85. The van der Waals surface area contributed by atoms with Crippen molar-refractivity contribution in [3.8, 4) is 0 Å². The molecule has 160 valence electrons. The Hall–Kier alpha value is -3.84. The maximum Gasteiger partial charge on any atom is 0.333 e. The Bertz CT molecular complexity index is 1170. The summed E-state index contributed by atoms with van der Waals surface area (Å²) in [6, 6.07) is 9.20. The average molecular weight is 444 g/mol. The number of likely N-dealkylation sites (N-methyl/N-ethyl adjacent to an activating group) is 2. The summed E-state index contributed by atoms with van der Waals surface area (Å²) in [5.74, 6) is -1.52. The number of barbiturate groups is 1. The second kappa shape index (κ2) is 8.49. The van der Waals surface area contributed by atoms with E-state index in [1.807, 2.05) is 0 Å². The molecule has 13 heteroatoms. The zero-order chi connectivity index (χ0) is 22.8. The van der Waals surface area contributed by atoms with Crippen molar-refractivity contribution in [1.82, 2.24) is 9.80 Å². The molecule has 1 fully saturated rings. The van der Waals surface area contributed by atoms with Crippen molar-refractivity contribution in [1.29, 1.82) is 0 Å². The van der Waals surface area contributed by atoms with Gasteiger partial charge in [-0.3, -0.25) is 23.9 Å². The van der Waals surface area contributed by atoms with Crippen molar-refractivity contribution in [2.24, 2.45) is 20.5 Å². The van der Waals surface area contributed by atoms with Crippen molar-refractivity contribution in [3.05, 3.63) is 48.5 Å². The molecule has 3 rings (SSSR count). The van der Waals surface area contributed by atoms with Crippen LogP contribution < -0.4 is 0 Å². The third-order valence-corrected chi connectivity index (χ3v) is 5.12. The van der Waals surface area contributed by atoms with Gasteiger partial charge in [-0.15, -0.1) is 0 Å². The van der Waals surface area contributed by atoms with Crippen molar-refractivity contribution in [2.75, 3.05) is 14.1 Å². The minimum absolute atomic E-state index is 0.252. The fourth-order valence-corrected chi connectivity index (χ4v) is 2.98. The Morgan fingerprint density at radius 3 is 1.55 bits per heavy atom. The number of hydrogen-bond donors (Lipinski definition) is 1. The smallest absolute Gasteiger partial charge is 0.282 e. The number of hydrogen-bond acceptors (Lipinski definition) is 9. The van der Waals surface area contributed by atoms with E-state index < -0.39 is 34.0 Å². The highest BCUT2D eigenvalue weighted by atomic mass is 32.2. The number of nitrogens with zero attached hydrogens (tertiary/aromatic N) is 6. The number of benzene rings is 2. The molecule has 1 heterocycles. The van der Waals surface area contributed by atoms with Gasteiger partial charge >= 0.3 is 6.03 Å². The van der Waals surface area contributed by atoms with E-state index in [2.05, 4.69) is 20.5 Å². The third-order valence-electron chi connectivity index (χ3n) is 4.26. The van der Waals surface area contributed by atoms with Crippen LogP contribution in [0.15, 0.2) is 73.9 Å². The second-order valence-electron chi connectivity index (χ2n) is 6.38. The quantitative estimate of drug-likeness (QED) is 0.423. The molecular formula is C18H16N6O6S. The topological polar surface area (TPSA) is 162 Å². The first-order valence-electron chi connectivity index (χ1n) is 8.67. The lowest BCUT2D eigenvalue weighted by molar-refractivity contribution is -0.143. The Kier molecular flexibility index (Phi) is 5.99. The highest BCUT2D eigenvalue weighted by Gasteiger charge is 2.42. The lowest BCUT2D eigenvalue weighted by Crippen LogP contribution is -2.58. The van der Waals surface area contributed by atoms with E-state index in [-0.39, 0.29) is 4.90 Å². The standard InChI is InChI=1S/C18H16N6O6S/c1-23-16(25)15(17(26)24(2)18(23)27)22-21-12-5-3-11(4-6-12)19-20-13-7-9-14(10-8-13)31(28,29)30/h3-10,15H,1-2H3,(H,28,29,30). The monoisotopic (exact) mass is 444 g/mol. The average Bonchev–Trinajstić information content (AvgIpc) is 2.75. The molecule has 0 aromatic heterocycles. The van der Waals surface area contributed by atoms with Gasteiger partial charge in [0.15, 0.2) is 0 Å². The summed E-state index contributed by atoms with van der Waals surface area (Å²) < 4.78 is 31.0. The Morgan fingerprint density at radius 2 is 1.13 bits per heavy atom. The van der Waals surface area contributed by atoms with Crippen LogP contribution in [0.25, 0.3) is 0 Å². The fraction of sp³-hybridized carbons (Fsp3) is 0.167. The number of amides is 4. The minimum Gasteiger partial charge on any atom is -0.282 e. The summed E-state index contributed by atoms with van der Waals surface area (Å²) in [5.41, 5.74) is 1.17. The lowest BCUT2D eigenvalue weighted by Gasteiger charge is -2.30. The van der Waals surface area contributed by atoms with Crippen LogP contribution in [-0.4, -0.2) is 60.8 Å². The van der Waals surface area contributed by atoms with Crippen molar-refractivity contribution in [3.63, 3.8) is 0 Å². The van der Waals surface area contributed by atoms with Gasteiger partial charge in [0.25, 0.3) is 21.9 Å². The number of rotatable bonds is 5. The highest BCUT2D eigenvalue weighted by Crippen LogP contribution is 2.23. The first-order chi connectivity index (χ1) is 14.6. The molecule has 0 spiro atoms. The number of azo groups is 2. The van der Waals surface area contributed by atoms with E-state index in [4.69, 9.17) is 4.55 Å². The van der Waals surface area contributed by atoms with Gasteiger partial charge in [-0.1, -0.05) is 0 Å². The molecule has 1 saturated heterocycles. The van der Waals surface area contributed by atoms with Crippen LogP contribution in [0, 0.1) is 0 Å².